The predicted octanol–water partition coefficient (Wildman–Crippen LogP) is 3.83. The van der Waals surface area contributed by atoms with E-state index < -0.39 is 11.4 Å². The zero-order chi connectivity index (χ0) is 19.9. The fourth-order valence-corrected chi connectivity index (χ4v) is 5.21. The lowest BCUT2D eigenvalue weighted by Crippen LogP contribution is -2.46. The predicted molar refractivity (Wildman–Crippen MR) is 102 cm³/mol. The Balaban J connectivity index is 1.76. The summed E-state index contributed by atoms with van der Waals surface area (Å²) in [5.74, 6) is -0.934. The summed E-state index contributed by atoms with van der Waals surface area (Å²) < 4.78 is 17.1. The van der Waals surface area contributed by atoms with Gasteiger partial charge >= 0.3 is 11.6 Å². The third-order valence-electron chi connectivity index (χ3n) is 6.55. The molecule has 6 nitrogen and oxygen atoms in total. The number of fused-ring (bicyclic) bond motifs is 2. The van der Waals surface area contributed by atoms with Gasteiger partial charge in [-0.25, -0.2) is 22.8 Å². The van der Waals surface area contributed by atoms with Gasteiger partial charge in [0.2, 0.25) is 0 Å². The molecule has 0 amide bonds. The van der Waals surface area contributed by atoms with Crippen LogP contribution in [0.3, 0.4) is 0 Å². The van der Waals surface area contributed by atoms with E-state index in [2.05, 4.69) is 22.3 Å². The van der Waals surface area contributed by atoms with Gasteiger partial charge in [0.25, 0.3) is 0 Å². The summed E-state index contributed by atoms with van der Waals surface area (Å²) in [6.45, 7) is 22.7. The van der Waals surface area contributed by atoms with Gasteiger partial charge in [-0.05, 0) is 35.1 Å². The van der Waals surface area contributed by atoms with Crippen molar-refractivity contribution in [2.24, 2.45) is 11.8 Å². The minimum absolute atomic E-state index is 0.0448. The van der Waals surface area contributed by atoms with Crippen LogP contribution < -0.4 is 0 Å². The van der Waals surface area contributed by atoms with Crippen molar-refractivity contribution < 1.29 is 19.0 Å². The minimum atomic E-state index is -1.15. The Morgan fingerprint density at radius 2 is 2.07 bits per heavy atom. The van der Waals surface area contributed by atoms with Crippen molar-refractivity contribution in [3.8, 4) is 0 Å². The van der Waals surface area contributed by atoms with Crippen LogP contribution >= 0.6 is 0 Å². The summed E-state index contributed by atoms with van der Waals surface area (Å²) in [6.07, 6.45) is 5.37. The van der Waals surface area contributed by atoms with Crippen LogP contribution in [0.4, 0.5) is 0 Å². The van der Waals surface area contributed by atoms with E-state index >= 15 is 0 Å². The summed E-state index contributed by atoms with van der Waals surface area (Å²) in [4.78, 5) is 19.1. The van der Waals surface area contributed by atoms with E-state index in [0.29, 0.717) is 32.5 Å². The molecular weight excluding hydrogens is 356 g/mol. The minimum Gasteiger partial charge on any atom is -0.461 e. The van der Waals surface area contributed by atoms with Gasteiger partial charge in [0.1, 0.15) is 18.9 Å². The number of nitrogens with zero attached hydrogens (tertiary/aromatic N) is 2. The van der Waals surface area contributed by atoms with E-state index in [4.69, 9.17) is 27.4 Å². The van der Waals surface area contributed by atoms with Crippen LogP contribution in [0.25, 0.3) is 9.69 Å². The average molecular weight is 380 g/mol. The quantitative estimate of drug-likeness (QED) is 0.540. The number of hydrogen-bond donors (Lipinski definition) is 0. The number of esters is 1. The normalized spacial score (nSPS) is 30.0. The first kappa shape index (κ1) is 18.9. The topological polar surface area (TPSA) is 53.5 Å². The van der Waals surface area contributed by atoms with Gasteiger partial charge in [-0.1, -0.05) is 12.7 Å². The molecule has 2 atom stereocenters. The first-order chi connectivity index (χ1) is 13.4. The van der Waals surface area contributed by atoms with Crippen molar-refractivity contribution in [2.45, 2.75) is 50.5 Å². The Kier molecular flexibility index (Phi) is 4.65. The van der Waals surface area contributed by atoms with Crippen molar-refractivity contribution in [1.82, 2.24) is 0 Å². The second-order valence-electron chi connectivity index (χ2n) is 8.11. The van der Waals surface area contributed by atoms with E-state index in [-0.39, 0.29) is 24.4 Å². The maximum atomic E-state index is 11.3. The lowest BCUT2D eigenvalue weighted by Gasteiger charge is -2.39. The summed E-state index contributed by atoms with van der Waals surface area (Å²) in [6, 6.07) is 0. The summed E-state index contributed by atoms with van der Waals surface area (Å²) in [5, 5.41) is 0. The number of carbonyl (C=O) groups excluding carboxylic acids is 1. The molecule has 1 aliphatic heterocycles. The zero-order valence-electron chi connectivity index (χ0n) is 16.1. The van der Waals surface area contributed by atoms with Crippen molar-refractivity contribution in [1.29, 1.82) is 0 Å². The van der Waals surface area contributed by atoms with Crippen LogP contribution in [-0.2, 0) is 19.0 Å². The number of hydrogen-bond acceptors (Lipinski definition) is 4. The molecule has 0 aromatic rings. The van der Waals surface area contributed by atoms with Gasteiger partial charge in [0.05, 0.1) is 13.2 Å². The maximum absolute atomic E-state index is 11.3. The highest BCUT2D eigenvalue weighted by Gasteiger charge is 2.62. The highest BCUT2D eigenvalue weighted by atomic mass is 16.7. The standard InChI is InChI=1S/C22H24N2O4/c1-14-9-16-10-17-11-21(27-7-8-28-21)6-5-20(17)22(23-3,24-4)12-18(16)19(14)13-26-15(2)25/h10,17,20H,1,5-9,11-13H2,2H3/t17-,20?/m1/s1. The largest absolute Gasteiger partial charge is 0.489 e. The number of carbonyl (C=O) groups is 1. The fraction of sp³-hybridized carbons (Fsp3) is 0.591. The van der Waals surface area contributed by atoms with Crippen molar-refractivity contribution >= 4 is 5.97 Å². The monoisotopic (exact) mass is 380 g/mol. The number of rotatable bonds is 2. The van der Waals surface area contributed by atoms with E-state index in [1.165, 1.54) is 6.92 Å². The van der Waals surface area contributed by atoms with Crippen molar-refractivity contribution in [3.63, 3.8) is 0 Å². The van der Waals surface area contributed by atoms with Gasteiger partial charge < -0.3 is 14.2 Å². The molecule has 6 heteroatoms. The van der Waals surface area contributed by atoms with Crippen LogP contribution in [-0.4, -0.2) is 37.2 Å². The molecule has 0 aromatic heterocycles. The fourth-order valence-electron chi connectivity index (χ4n) is 5.21. The van der Waals surface area contributed by atoms with E-state index in [9.17, 15) is 4.79 Å². The Morgan fingerprint density at radius 3 is 2.71 bits per heavy atom. The van der Waals surface area contributed by atoms with E-state index in [1.54, 1.807) is 0 Å². The van der Waals surface area contributed by atoms with Gasteiger partial charge in [-0.3, -0.25) is 4.79 Å². The van der Waals surface area contributed by atoms with Crippen LogP contribution in [0.2, 0.25) is 0 Å². The molecule has 3 aliphatic carbocycles. The summed E-state index contributed by atoms with van der Waals surface area (Å²) in [7, 11) is 0. The van der Waals surface area contributed by atoms with Crippen molar-refractivity contribution in [3.05, 3.63) is 57.8 Å². The van der Waals surface area contributed by atoms with E-state index in [0.717, 1.165) is 35.1 Å². The van der Waals surface area contributed by atoms with Gasteiger partial charge in [0.15, 0.2) is 5.79 Å². The summed E-state index contributed by atoms with van der Waals surface area (Å²) >= 11 is 0. The Labute approximate surface area is 165 Å². The van der Waals surface area contributed by atoms with Gasteiger partial charge in [-0.2, -0.15) is 0 Å². The molecule has 1 saturated heterocycles. The van der Waals surface area contributed by atoms with Crippen LogP contribution in [0.15, 0.2) is 34.9 Å². The summed E-state index contributed by atoms with van der Waals surface area (Å²) in [5.41, 5.74) is 2.72. The number of allylic oxidation sites excluding steroid dienone is 2. The molecular formula is C22H24N2O4. The second kappa shape index (κ2) is 6.88. The highest BCUT2D eigenvalue weighted by molar-refractivity contribution is 5.67. The van der Waals surface area contributed by atoms with Crippen LogP contribution in [0.5, 0.6) is 0 Å². The molecule has 1 heterocycles. The second-order valence-corrected chi connectivity index (χ2v) is 8.11. The smallest absolute Gasteiger partial charge is 0.461 e. The molecule has 0 N–H and O–H groups in total. The number of ether oxygens (including phenoxy) is 3. The molecule has 0 radical (unpaired) electrons. The molecule has 2 fully saturated rings. The maximum Gasteiger partial charge on any atom is 0.489 e. The third kappa shape index (κ3) is 2.98. The molecule has 28 heavy (non-hydrogen) atoms. The molecule has 1 unspecified atom stereocenters. The van der Waals surface area contributed by atoms with Crippen molar-refractivity contribution in [2.75, 3.05) is 19.8 Å². The molecule has 4 aliphatic rings. The SMILES string of the molecule is [C-]#[N+]C1([N+]#[C-])CC2=C(COC(C)=O)C(=C)CC2=C[C@@H]2CC3(CCC21)OCCO3. The third-order valence-corrected chi connectivity index (χ3v) is 6.55. The lowest BCUT2D eigenvalue weighted by atomic mass is 9.70. The van der Waals surface area contributed by atoms with E-state index in [1.807, 2.05) is 0 Å². The van der Waals surface area contributed by atoms with Gasteiger partial charge in [0, 0.05) is 25.7 Å². The molecule has 1 spiro atoms. The first-order valence-electron chi connectivity index (χ1n) is 9.72. The highest BCUT2D eigenvalue weighted by Crippen LogP contribution is 2.54. The zero-order valence-corrected chi connectivity index (χ0v) is 16.1. The Bertz CT molecular complexity index is 850. The molecule has 0 bridgehead atoms. The van der Waals surface area contributed by atoms with Crippen LogP contribution in [0, 0.1) is 25.0 Å². The molecule has 1 saturated carbocycles. The molecule has 146 valence electrons. The van der Waals surface area contributed by atoms with Crippen LogP contribution in [0.1, 0.15) is 39.0 Å². The Hall–Kier alpha value is -2.41. The molecule has 4 rings (SSSR count). The average Bonchev–Trinajstić information content (AvgIpc) is 3.19. The molecule has 0 aromatic carbocycles. The first-order valence-corrected chi connectivity index (χ1v) is 9.72. The Morgan fingerprint density at radius 1 is 1.36 bits per heavy atom. The lowest BCUT2D eigenvalue weighted by molar-refractivity contribution is -0.192. The van der Waals surface area contributed by atoms with Gasteiger partial charge in [-0.15, -0.1) is 0 Å².